The lowest BCUT2D eigenvalue weighted by Crippen LogP contribution is -2.45. The van der Waals surface area contributed by atoms with Gasteiger partial charge in [0.2, 0.25) is 0 Å². The summed E-state index contributed by atoms with van der Waals surface area (Å²) in [5.41, 5.74) is 15.7. The average molecular weight is 425 g/mol. The maximum Gasteiger partial charge on any atom is 0.101 e. The van der Waals surface area contributed by atoms with Gasteiger partial charge in [0, 0.05) is 42.9 Å². The van der Waals surface area contributed by atoms with Crippen molar-refractivity contribution in [2.24, 2.45) is 11.5 Å². The molecular formula is C22H44N6S. The highest BCUT2D eigenvalue weighted by Gasteiger charge is 2.15. The van der Waals surface area contributed by atoms with Crippen LogP contribution in [0.1, 0.15) is 47.0 Å². The fourth-order valence-corrected chi connectivity index (χ4v) is 3.65. The van der Waals surface area contributed by atoms with Crippen LogP contribution in [0.15, 0.2) is 48.2 Å². The number of hydrogen-bond acceptors (Lipinski definition) is 7. The SMILES string of the molecule is C=C(NCCC)NC(=C)NC(=C)[C@H](CSCCN)NCC(N)CC(CC)=C(C)C. The largest absolute Gasteiger partial charge is 0.372 e. The Morgan fingerprint density at radius 3 is 2.31 bits per heavy atom. The van der Waals surface area contributed by atoms with Crippen LogP contribution in [-0.2, 0) is 0 Å². The minimum Gasteiger partial charge on any atom is -0.372 e. The van der Waals surface area contributed by atoms with Crippen molar-refractivity contribution in [1.29, 1.82) is 0 Å². The number of nitrogens with one attached hydrogen (secondary N) is 4. The molecule has 1 unspecified atom stereocenters. The first-order chi connectivity index (χ1) is 13.7. The Balaban J connectivity index is 4.73. The molecule has 0 aliphatic carbocycles. The molecule has 0 spiro atoms. The van der Waals surface area contributed by atoms with E-state index in [4.69, 9.17) is 11.5 Å². The van der Waals surface area contributed by atoms with Gasteiger partial charge in [-0.2, -0.15) is 11.8 Å². The molecule has 2 atom stereocenters. The molecule has 29 heavy (non-hydrogen) atoms. The Labute approximate surface area is 183 Å². The summed E-state index contributed by atoms with van der Waals surface area (Å²) in [5, 5.41) is 13.1. The van der Waals surface area contributed by atoms with Gasteiger partial charge in [0.15, 0.2) is 0 Å². The quantitative estimate of drug-likeness (QED) is 0.149. The van der Waals surface area contributed by atoms with Crippen molar-refractivity contribution in [3.05, 3.63) is 48.2 Å². The molecule has 0 heterocycles. The summed E-state index contributed by atoms with van der Waals surface area (Å²) in [6.45, 7) is 23.0. The molecule has 0 rings (SSSR count). The molecular weight excluding hydrogens is 380 g/mol. The molecule has 0 aromatic carbocycles. The number of hydrogen-bond donors (Lipinski definition) is 6. The van der Waals surface area contributed by atoms with Gasteiger partial charge in [-0.15, -0.1) is 0 Å². The Hall–Kier alpha value is -1.41. The van der Waals surface area contributed by atoms with E-state index in [0.717, 1.165) is 55.4 Å². The van der Waals surface area contributed by atoms with E-state index in [9.17, 15) is 0 Å². The minimum atomic E-state index is 0.0600. The number of thioether (sulfide) groups is 1. The van der Waals surface area contributed by atoms with Gasteiger partial charge < -0.3 is 32.7 Å². The highest BCUT2D eigenvalue weighted by molar-refractivity contribution is 7.99. The first-order valence-corrected chi connectivity index (χ1v) is 11.7. The monoisotopic (exact) mass is 424 g/mol. The van der Waals surface area contributed by atoms with Gasteiger partial charge in [0.1, 0.15) is 5.82 Å². The third-order valence-corrected chi connectivity index (χ3v) is 5.53. The first-order valence-electron chi connectivity index (χ1n) is 10.5. The molecule has 0 aliphatic rings. The highest BCUT2D eigenvalue weighted by atomic mass is 32.2. The second-order valence-corrected chi connectivity index (χ2v) is 8.55. The zero-order chi connectivity index (χ0) is 22.2. The number of allylic oxidation sites excluding steroid dienone is 1. The van der Waals surface area contributed by atoms with Crippen molar-refractivity contribution < 1.29 is 0 Å². The Morgan fingerprint density at radius 1 is 1.07 bits per heavy atom. The summed E-state index contributed by atoms with van der Waals surface area (Å²) >= 11 is 1.80. The van der Waals surface area contributed by atoms with Gasteiger partial charge in [0.25, 0.3) is 0 Å². The van der Waals surface area contributed by atoms with E-state index >= 15 is 0 Å². The van der Waals surface area contributed by atoms with Crippen LogP contribution in [0, 0.1) is 0 Å². The van der Waals surface area contributed by atoms with Crippen molar-refractivity contribution in [2.45, 2.75) is 59.0 Å². The van der Waals surface area contributed by atoms with E-state index in [-0.39, 0.29) is 12.1 Å². The third kappa shape index (κ3) is 13.4. The second-order valence-electron chi connectivity index (χ2n) is 7.40. The molecule has 8 N–H and O–H groups in total. The molecule has 0 aromatic heterocycles. The Morgan fingerprint density at radius 2 is 1.76 bits per heavy atom. The van der Waals surface area contributed by atoms with E-state index in [1.165, 1.54) is 11.1 Å². The van der Waals surface area contributed by atoms with Gasteiger partial charge in [-0.1, -0.05) is 44.7 Å². The number of nitrogens with two attached hydrogens (primary N) is 2. The molecule has 7 heteroatoms. The van der Waals surface area contributed by atoms with Gasteiger partial charge in [-0.05, 0) is 33.1 Å². The summed E-state index contributed by atoms with van der Waals surface area (Å²) in [7, 11) is 0. The highest BCUT2D eigenvalue weighted by Crippen LogP contribution is 2.14. The molecule has 0 saturated carbocycles. The smallest absolute Gasteiger partial charge is 0.101 e. The van der Waals surface area contributed by atoms with Gasteiger partial charge in [-0.25, -0.2) is 0 Å². The first kappa shape index (κ1) is 27.6. The summed E-state index contributed by atoms with van der Waals surface area (Å²) in [4.78, 5) is 0. The molecule has 0 radical (unpaired) electrons. The van der Waals surface area contributed by atoms with Gasteiger partial charge >= 0.3 is 0 Å². The van der Waals surface area contributed by atoms with E-state index in [1.54, 1.807) is 11.8 Å². The lowest BCUT2D eigenvalue weighted by molar-refractivity contribution is 0.521. The van der Waals surface area contributed by atoms with Crippen LogP contribution in [0.2, 0.25) is 0 Å². The average Bonchev–Trinajstić information content (AvgIpc) is 2.66. The maximum atomic E-state index is 6.38. The molecule has 0 amide bonds. The lowest BCUT2D eigenvalue weighted by Gasteiger charge is -2.26. The van der Waals surface area contributed by atoms with Gasteiger partial charge in [0.05, 0.1) is 11.9 Å². The predicted molar refractivity (Wildman–Crippen MR) is 131 cm³/mol. The summed E-state index contributed by atoms with van der Waals surface area (Å²) in [6, 6.07) is 0.124. The number of rotatable bonds is 18. The van der Waals surface area contributed by atoms with Crippen LogP contribution in [0.4, 0.5) is 0 Å². The van der Waals surface area contributed by atoms with Crippen LogP contribution in [0.25, 0.3) is 0 Å². The minimum absolute atomic E-state index is 0.0600. The summed E-state index contributed by atoms with van der Waals surface area (Å²) in [6.07, 6.45) is 2.98. The molecule has 0 aromatic rings. The maximum absolute atomic E-state index is 6.38. The van der Waals surface area contributed by atoms with E-state index in [1.807, 2.05) is 0 Å². The van der Waals surface area contributed by atoms with Gasteiger partial charge in [-0.3, -0.25) is 0 Å². The van der Waals surface area contributed by atoms with Crippen LogP contribution < -0.4 is 32.7 Å². The Kier molecular flexibility index (Phi) is 15.6. The molecule has 6 nitrogen and oxygen atoms in total. The standard InChI is InChI=1S/C22H44N6S/c1-8-11-25-18(6)28-19(7)27-17(5)22(15-29-12-10-23)26-14-21(24)13-20(9-2)16(3)4/h21-22,25-28H,5-15,23-24H2,1-4H3/t21?,22-/m0/s1. The fraction of sp³-hybridized carbons (Fsp3) is 0.636. The lowest BCUT2D eigenvalue weighted by atomic mass is 10.00. The van der Waals surface area contributed by atoms with Crippen molar-refractivity contribution in [2.75, 3.05) is 31.1 Å². The van der Waals surface area contributed by atoms with Crippen LogP contribution in [0.3, 0.4) is 0 Å². The van der Waals surface area contributed by atoms with Crippen molar-refractivity contribution in [1.82, 2.24) is 21.3 Å². The summed E-state index contributed by atoms with van der Waals surface area (Å²) in [5.74, 6) is 3.13. The molecule has 168 valence electrons. The third-order valence-electron chi connectivity index (χ3n) is 4.44. The zero-order valence-corrected chi connectivity index (χ0v) is 19.8. The normalized spacial score (nSPS) is 12.6. The molecule has 0 fully saturated rings. The van der Waals surface area contributed by atoms with Crippen molar-refractivity contribution >= 4 is 11.8 Å². The molecule has 0 saturated heterocycles. The second kappa shape index (κ2) is 16.4. The van der Waals surface area contributed by atoms with Crippen LogP contribution >= 0.6 is 11.8 Å². The van der Waals surface area contributed by atoms with E-state index in [0.29, 0.717) is 12.4 Å². The van der Waals surface area contributed by atoms with Crippen LogP contribution in [-0.4, -0.2) is 43.2 Å². The van der Waals surface area contributed by atoms with Crippen LogP contribution in [0.5, 0.6) is 0 Å². The van der Waals surface area contributed by atoms with E-state index < -0.39 is 0 Å². The Bertz CT molecular complexity index is 539. The van der Waals surface area contributed by atoms with E-state index in [2.05, 4.69) is 68.7 Å². The molecule has 0 bridgehead atoms. The summed E-state index contributed by atoms with van der Waals surface area (Å²) < 4.78 is 0. The van der Waals surface area contributed by atoms with Crippen molar-refractivity contribution in [3.63, 3.8) is 0 Å². The van der Waals surface area contributed by atoms with Crippen molar-refractivity contribution in [3.8, 4) is 0 Å². The zero-order valence-electron chi connectivity index (χ0n) is 19.0. The predicted octanol–water partition coefficient (Wildman–Crippen LogP) is 2.74. The molecule has 0 aliphatic heterocycles. The fourth-order valence-electron chi connectivity index (χ4n) is 2.77. The topological polar surface area (TPSA) is 100 Å².